The van der Waals surface area contributed by atoms with E-state index in [1.54, 1.807) is 18.2 Å². The highest BCUT2D eigenvalue weighted by molar-refractivity contribution is 5.92. The maximum atomic E-state index is 12.5. The molecule has 1 amide bonds. The standard InChI is InChI=1S/C14H14F3N3O3/c1-22-9-3-4-10(11(7-9)23-2)18-13(21)8-20-6-5-12(19-20)14(15,16)17/h3-7H,8H2,1-2H3,(H,18,21). The molecule has 2 aromatic rings. The fourth-order valence-corrected chi connectivity index (χ4v) is 1.84. The van der Waals surface area contributed by atoms with Crippen molar-refractivity contribution in [3.63, 3.8) is 0 Å². The number of methoxy groups -OCH3 is 2. The highest BCUT2D eigenvalue weighted by atomic mass is 19.4. The molecule has 0 saturated carbocycles. The molecular formula is C14H14F3N3O3. The first kappa shape index (κ1) is 16.7. The van der Waals surface area contributed by atoms with Gasteiger partial charge >= 0.3 is 6.18 Å². The van der Waals surface area contributed by atoms with Crippen molar-refractivity contribution in [2.45, 2.75) is 12.7 Å². The maximum absolute atomic E-state index is 12.5. The Hall–Kier alpha value is -2.71. The van der Waals surface area contributed by atoms with Gasteiger partial charge in [0, 0.05) is 12.3 Å². The minimum Gasteiger partial charge on any atom is -0.497 e. The Morgan fingerprint density at radius 2 is 2.00 bits per heavy atom. The third kappa shape index (κ3) is 4.15. The summed E-state index contributed by atoms with van der Waals surface area (Å²) in [4.78, 5) is 11.9. The molecule has 124 valence electrons. The largest absolute Gasteiger partial charge is 0.497 e. The lowest BCUT2D eigenvalue weighted by Crippen LogP contribution is -2.20. The monoisotopic (exact) mass is 329 g/mol. The Bertz CT molecular complexity index is 698. The quantitative estimate of drug-likeness (QED) is 0.916. The van der Waals surface area contributed by atoms with Crippen LogP contribution in [-0.4, -0.2) is 29.9 Å². The van der Waals surface area contributed by atoms with Gasteiger partial charge in [-0.25, -0.2) is 0 Å². The van der Waals surface area contributed by atoms with E-state index in [0.29, 0.717) is 17.2 Å². The first-order valence-corrected chi connectivity index (χ1v) is 6.46. The molecule has 23 heavy (non-hydrogen) atoms. The van der Waals surface area contributed by atoms with Crippen molar-refractivity contribution in [3.05, 3.63) is 36.2 Å². The van der Waals surface area contributed by atoms with Crippen LogP contribution in [0.1, 0.15) is 5.69 Å². The van der Waals surface area contributed by atoms with E-state index in [0.717, 1.165) is 16.9 Å². The summed E-state index contributed by atoms with van der Waals surface area (Å²) in [5.41, 5.74) is -0.672. The number of hydrogen-bond acceptors (Lipinski definition) is 4. The Morgan fingerprint density at radius 1 is 1.26 bits per heavy atom. The lowest BCUT2D eigenvalue weighted by atomic mass is 10.2. The van der Waals surface area contributed by atoms with Crippen LogP contribution in [0.25, 0.3) is 0 Å². The number of benzene rings is 1. The number of rotatable bonds is 5. The minimum atomic E-state index is -4.54. The summed E-state index contributed by atoms with van der Waals surface area (Å²) in [5.74, 6) is 0.376. The molecule has 1 heterocycles. The van der Waals surface area contributed by atoms with Crippen LogP contribution in [0.15, 0.2) is 30.5 Å². The molecule has 9 heteroatoms. The summed E-state index contributed by atoms with van der Waals surface area (Å²) < 4.78 is 48.4. The van der Waals surface area contributed by atoms with E-state index in [-0.39, 0.29) is 6.54 Å². The smallest absolute Gasteiger partial charge is 0.435 e. The number of nitrogens with one attached hydrogen (secondary N) is 1. The summed E-state index contributed by atoms with van der Waals surface area (Å²) in [6, 6.07) is 5.57. The van der Waals surface area contributed by atoms with Crippen LogP contribution in [0.4, 0.5) is 18.9 Å². The summed E-state index contributed by atoms with van der Waals surface area (Å²) >= 11 is 0. The Balaban J connectivity index is 2.06. The van der Waals surface area contributed by atoms with Crippen LogP contribution in [-0.2, 0) is 17.5 Å². The van der Waals surface area contributed by atoms with Gasteiger partial charge in [-0.05, 0) is 18.2 Å². The molecule has 0 aliphatic carbocycles. The van der Waals surface area contributed by atoms with Gasteiger partial charge in [0.25, 0.3) is 0 Å². The number of carbonyl (C=O) groups excluding carboxylic acids is 1. The van der Waals surface area contributed by atoms with Crippen LogP contribution in [0, 0.1) is 0 Å². The molecule has 0 spiro atoms. The van der Waals surface area contributed by atoms with Crippen LogP contribution in [0.2, 0.25) is 0 Å². The van der Waals surface area contributed by atoms with E-state index < -0.39 is 17.8 Å². The number of carbonyl (C=O) groups is 1. The van der Waals surface area contributed by atoms with Gasteiger partial charge in [0.1, 0.15) is 18.0 Å². The third-order valence-electron chi connectivity index (χ3n) is 2.92. The average molecular weight is 329 g/mol. The molecule has 0 radical (unpaired) electrons. The molecule has 1 N–H and O–H groups in total. The number of anilines is 1. The van der Waals surface area contributed by atoms with Gasteiger partial charge in [-0.15, -0.1) is 0 Å². The predicted molar refractivity (Wildman–Crippen MR) is 75.4 cm³/mol. The normalized spacial score (nSPS) is 11.2. The molecular weight excluding hydrogens is 315 g/mol. The Labute approximate surface area is 129 Å². The number of amides is 1. The van der Waals surface area contributed by atoms with Gasteiger partial charge in [0.05, 0.1) is 19.9 Å². The first-order valence-electron chi connectivity index (χ1n) is 6.46. The zero-order chi connectivity index (χ0) is 17.0. The second kappa shape index (κ2) is 6.59. The molecule has 0 fully saturated rings. The van der Waals surface area contributed by atoms with Crippen LogP contribution < -0.4 is 14.8 Å². The predicted octanol–water partition coefficient (Wildman–Crippen LogP) is 2.56. The molecule has 0 unspecified atom stereocenters. The molecule has 0 aliphatic heterocycles. The van der Waals surface area contributed by atoms with E-state index in [9.17, 15) is 18.0 Å². The fraction of sp³-hybridized carbons (Fsp3) is 0.286. The molecule has 0 bridgehead atoms. The number of nitrogens with zero attached hydrogens (tertiary/aromatic N) is 2. The highest BCUT2D eigenvalue weighted by Crippen LogP contribution is 2.29. The van der Waals surface area contributed by atoms with Crippen molar-refractivity contribution in [2.75, 3.05) is 19.5 Å². The van der Waals surface area contributed by atoms with Gasteiger partial charge in [-0.2, -0.15) is 18.3 Å². The van der Waals surface area contributed by atoms with Gasteiger partial charge in [-0.3, -0.25) is 9.48 Å². The SMILES string of the molecule is COc1ccc(NC(=O)Cn2ccc(C(F)(F)F)n2)c(OC)c1. The lowest BCUT2D eigenvalue weighted by molar-refractivity contribution is -0.141. The Kier molecular flexibility index (Phi) is 4.77. The van der Waals surface area contributed by atoms with E-state index >= 15 is 0 Å². The van der Waals surface area contributed by atoms with Gasteiger partial charge < -0.3 is 14.8 Å². The van der Waals surface area contributed by atoms with Crippen LogP contribution >= 0.6 is 0 Å². The van der Waals surface area contributed by atoms with Crippen molar-refractivity contribution in [1.29, 1.82) is 0 Å². The van der Waals surface area contributed by atoms with E-state index in [1.807, 2.05) is 0 Å². The molecule has 6 nitrogen and oxygen atoms in total. The van der Waals surface area contributed by atoms with Crippen LogP contribution in [0.3, 0.4) is 0 Å². The fourth-order valence-electron chi connectivity index (χ4n) is 1.84. The number of hydrogen-bond donors (Lipinski definition) is 1. The van der Waals surface area contributed by atoms with Crippen molar-refractivity contribution < 1.29 is 27.4 Å². The van der Waals surface area contributed by atoms with Crippen molar-refractivity contribution in [1.82, 2.24) is 9.78 Å². The second-order valence-electron chi connectivity index (χ2n) is 4.51. The zero-order valence-corrected chi connectivity index (χ0v) is 12.3. The number of alkyl halides is 3. The average Bonchev–Trinajstić information content (AvgIpc) is 2.96. The van der Waals surface area contributed by atoms with Gasteiger partial charge in [0.2, 0.25) is 5.91 Å². The summed E-state index contributed by atoms with van der Waals surface area (Å²) in [7, 11) is 2.91. The number of halogens is 3. The summed E-state index contributed by atoms with van der Waals surface area (Å²) in [6.45, 7) is -0.356. The van der Waals surface area contributed by atoms with Crippen LogP contribution in [0.5, 0.6) is 11.5 Å². The molecule has 2 rings (SSSR count). The van der Waals surface area contributed by atoms with E-state index in [2.05, 4.69) is 10.4 Å². The molecule has 0 saturated heterocycles. The topological polar surface area (TPSA) is 65.4 Å². The molecule has 0 atom stereocenters. The number of aromatic nitrogens is 2. The molecule has 1 aromatic carbocycles. The number of ether oxygens (including phenoxy) is 2. The van der Waals surface area contributed by atoms with Crippen molar-refractivity contribution in [2.24, 2.45) is 0 Å². The van der Waals surface area contributed by atoms with Gasteiger partial charge in [0.15, 0.2) is 5.69 Å². The second-order valence-corrected chi connectivity index (χ2v) is 4.51. The lowest BCUT2D eigenvalue weighted by Gasteiger charge is -2.11. The van der Waals surface area contributed by atoms with Crippen molar-refractivity contribution >= 4 is 11.6 Å². The Morgan fingerprint density at radius 3 is 2.57 bits per heavy atom. The summed E-state index contributed by atoms with van der Waals surface area (Å²) in [5, 5.41) is 5.86. The maximum Gasteiger partial charge on any atom is 0.435 e. The highest BCUT2D eigenvalue weighted by Gasteiger charge is 2.33. The van der Waals surface area contributed by atoms with Gasteiger partial charge in [-0.1, -0.05) is 0 Å². The van der Waals surface area contributed by atoms with E-state index in [1.165, 1.54) is 14.2 Å². The zero-order valence-electron chi connectivity index (χ0n) is 12.3. The van der Waals surface area contributed by atoms with E-state index in [4.69, 9.17) is 9.47 Å². The molecule has 1 aromatic heterocycles. The van der Waals surface area contributed by atoms with Crippen molar-refractivity contribution in [3.8, 4) is 11.5 Å². The molecule has 0 aliphatic rings. The third-order valence-corrected chi connectivity index (χ3v) is 2.92. The minimum absolute atomic E-state index is 0.356. The first-order chi connectivity index (χ1) is 10.8. The summed E-state index contributed by atoms with van der Waals surface area (Å²) in [6.07, 6.45) is -3.45.